The maximum Gasteiger partial charge on any atom is 0.242 e. The number of nitrogens with two attached hydrogens (primary N) is 1. The summed E-state index contributed by atoms with van der Waals surface area (Å²) in [7, 11) is 1.96. The Labute approximate surface area is 105 Å². The average molecular weight is 238 g/mol. The highest BCUT2D eigenvalue weighted by atomic mass is 16.2. The van der Waals surface area contributed by atoms with Gasteiger partial charge >= 0.3 is 0 Å². The fourth-order valence-electron chi connectivity index (χ4n) is 3.49. The number of likely N-dealkylation sites (N-methyl/N-ethyl adjacent to an activating group) is 1. The first-order chi connectivity index (χ1) is 8.03. The van der Waals surface area contributed by atoms with Crippen molar-refractivity contribution in [2.75, 3.05) is 7.05 Å². The lowest BCUT2D eigenvalue weighted by Crippen LogP contribution is -2.55. The molecule has 2 saturated carbocycles. The number of hydrogen-bond acceptors (Lipinski definition) is 2. The molecule has 0 heterocycles. The number of carbonyl (C=O) groups excluding carboxylic acids is 1. The van der Waals surface area contributed by atoms with Gasteiger partial charge in [0.15, 0.2) is 0 Å². The monoisotopic (exact) mass is 238 g/mol. The van der Waals surface area contributed by atoms with Crippen LogP contribution in [0.4, 0.5) is 0 Å². The van der Waals surface area contributed by atoms with Crippen LogP contribution in [0.15, 0.2) is 0 Å². The molecule has 0 aliphatic heterocycles. The summed E-state index contributed by atoms with van der Waals surface area (Å²) in [5.41, 5.74) is 5.71. The Morgan fingerprint density at radius 1 is 1.24 bits per heavy atom. The van der Waals surface area contributed by atoms with Crippen LogP contribution < -0.4 is 5.73 Å². The zero-order chi connectivity index (χ0) is 12.5. The van der Waals surface area contributed by atoms with E-state index in [1.807, 2.05) is 11.9 Å². The molecule has 3 nitrogen and oxygen atoms in total. The van der Waals surface area contributed by atoms with E-state index in [0.29, 0.717) is 6.04 Å². The van der Waals surface area contributed by atoms with Crippen LogP contribution in [0.1, 0.15) is 58.3 Å². The van der Waals surface area contributed by atoms with Crippen LogP contribution in [-0.4, -0.2) is 29.4 Å². The highest BCUT2D eigenvalue weighted by Gasteiger charge is 2.40. The Balaban J connectivity index is 1.98. The van der Waals surface area contributed by atoms with E-state index in [1.54, 1.807) is 0 Å². The van der Waals surface area contributed by atoms with Crippen molar-refractivity contribution in [1.29, 1.82) is 0 Å². The first-order valence-corrected chi connectivity index (χ1v) is 7.09. The molecule has 2 rings (SSSR count). The lowest BCUT2D eigenvalue weighted by molar-refractivity contribution is -0.138. The van der Waals surface area contributed by atoms with Crippen LogP contribution in [0, 0.1) is 5.92 Å². The minimum absolute atomic E-state index is 0.189. The smallest absolute Gasteiger partial charge is 0.242 e. The fourth-order valence-corrected chi connectivity index (χ4v) is 3.49. The second-order valence-corrected chi connectivity index (χ2v) is 6.20. The largest absolute Gasteiger partial charge is 0.341 e. The Kier molecular flexibility index (Phi) is 3.76. The standard InChI is InChI=1S/C14H26N2O/c1-11-6-5-7-12(10-11)16(2)13(17)14(15)8-3-4-9-14/h11-12H,3-10,15H2,1-2H3. The first kappa shape index (κ1) is 12.9. The third kappa shape index (κ3) is 2.65. The van der Waals surface area contributed by atoms with Gasteiger partial charge in [-0.2, -0.15) is 0 Å². The maximum absolute atomic E-state index is 12.5. The normalized spacial score (nSPS) is 32.4. The number of hydrogen-bond donors (Lipinski definition) is 1. The summed E-state index contributed by atoms with van der Waals surface area (Å²) in [6.07, 6.45) is 8.83. The summed E-state index contributed by atoms with van der Waals surface area (Å²) in [6.45, 7) is 2.29. The molecule has 0 aromatic rings. The van der Waals surface area contributed by atoms with E-state index in [4.69, 9.17) is 5.73 Å². The highest BCUT2D eigenvalue weighted by molar-refractivity contribution is 5.86. The van der Waals surface area contributed by atoms with Gasteiger partial charge in [-0.25, -0.2) is 0 Å². The van der Waals surface area contributed by atoms with Gasteiger partial charge < -0.3 is 10.6 Å². The van der Waals surface area contributed by atoms with Crippen molar-refractivity contribution in [3.63, 3.8) is 0 Å². The molecule has 1 amide bonds. The van der Waals surface area contributed by atoms with Gasteiger partial charge in [0, 0.05) is 13.1 Å². The minimum atomic E-state index is -0.546. The van der Waals surface area contributed by atoms with Crippen LogP contribution in [-0.2, 0) is 4.79 Å². The zero-order valence-corrected chi connectivity index (χ0v) is 11.2. The number of carbonyl (C=O) groups is 1. The van der Waals surface area contributed by atoms with Crippen molar-refractivity contribution < 1.29 is 4.79 Å². The summed E-state index contributed by atoms with van der Waals surface area (Å²) in [6, 6.07) is 0.423. The van der Waals surface area contributed by atoms with Gasteiger partial charge in [0.2, 0.25) is 5.91 Å². The molecule has 98 valence electrons. The molecule has 0 bridgehead atoms. The minimum Gasteiger partial charge on any atom is -0.341 e. The van der Waals surface area contributed by atoms with Crippen LogP contribution >= 0.6 is 0 Å². The van der Waals surface area contributed by atoms with Gasteiger partial charge in [-0.3, -0.25) is 4.79 Å². The highest BCUT2D eigenvalue weighted by Crippen LogP contribution is 2.32. The summed E-state index contributed by atoms with van der Waals surface area (Å²) >= 11 is 0. The Bertz CT molecular complexity index is 284. The predicted octanol–water partition coefficient (Wildman–Crippen LogP) is 2.29. The van der Waals surface area contributed by atoms with E-state index in [0.717, 1.165) is 44.4 Å². The number of nitrogens with zero attached hydrogens (tertiary/aromatic N) is 1. The van der Waals surface area contributed by atoms with Crippen LogP contribution in [0.3, 0.4) is 0 Å². The molecule has 0 aromatic heterocycles. The van der Waals surface area contributed by atoms with Gasteiger partial charge in [-0.05, 0) is 31.6 Å². The van der Waals surface area contributed by atoms with E-state index in [2.05, 4.69) is 6.92 Å². The molecule has 0 aromatic carbocycles. The maximum atomic E-state index is 12.5. The van der Waals surface area contributed by atoms with Crippen molar-refractivity contribution in [3.05, 3.63) is 0 Å². The van der Waals surface area contributed by atoms with Crippen LogP contribution in [0.5, 0.6) is 0 Å². The molecule has 0 saturated heterocycles. The van der Waals surface area contributed by atoms with Crippen molar-refractivity contribution >= 4 is 5.91 Å². The van der Waals surface area contributed by atoms with Gasteiger partial charge in [0.05, 0.1) is 5.54 Å². The van der Waals surface area contributed by atoms with E-state index in [1.165, 1.54) is 12.8 Å². The average Bonchev–Trinajstić information content (AvgIpc) is 2.75. The molecule has 3 heteroatoms. The summed E-state index contributed by atoms with van der Waals surface area (Å²) in [5.74, 6) is 0.940. The second-order valence-electron chi connectivity index (χ2n) is 6.20. The van der Waals surface area contributed by atoms with Gasteiger partial charge in [0.25, 0.3) is 0 Å². The number of rotatable bonds is 2. The van der Waals surface area contributed by atoms with Crippen molar-refractivity contribution in [1.82, 2.24) is 4.90 Å². The lowest BCUT2D eigenvalue weighted by Gasteiger charge is -2.38. The van der Waals surface area contributed by atoms with E-state index < -0.39 is 5.54 Å². The van der Waals surface area contributed by atoms with E-state index in [-0.39, 0.29) is 5.91 Å². The van der Waals surface area contributed by atoms with Gasteiger partial charge in [-0.15, -0.1) is 0 Å². The zero-order valence-electron chi connectivity index (χ0n) is 11.2. The molecule has 2 unspecified atom stereocenters. The summed E-state index contributed by atoms with van der Waals surface area (Å²) < 4.78 is 0. The third-order valence-corrected chi connectivity index (χ3v) is 4.70. The van der Waals surface area contributed by atoms with Gasteiger partial charge in [0.1, 0.15) is 0 Å². The van der Waals surface area contributed by atoms with Crippen LogP contribution in [0.2, 0.25) is 0 Å². The molecule has 0 radical (unpaired) electrons. The molecule has 2 fully saturated rings. The molecule has 0 spiro atoms. The molecule has 17 heavy (non-hydrogen) atoms. The lowest BCUT2D eigenvalue weighted by atomic mass is 9.85. The molecule has 2 aliphatic rings. The van der Waals surface area contributed by atoms with E-state index in [9.17, 15) is 4.79 Å². The quantitative estimate of drug-likeness (QED) is 0.802. The first-order valence-electron chi connectivity index (χ1n) is 7.09. The third-order valence-electron chi connectivity index (χ3n) is 4.70. The van der Waals surface area contributed by atoms with Crippen molar-refractivity contribution in [3.8, 4) is 0 Å². The van der Waals surface area contributed by atoms with Crippen LogP contribution in [0.25, 0.3) is 0 Å². The Morgan fingerprint density at radius 3 is 2.47 bits per heavy atom. The second kappa shape index (κ2) is 4.97. The molecular formula is C14H26N2O. The predicted molar refractivity (Wildman–Crippen MR) is 69.6 cm³/mol. The molecule has 2 atom stereocenters. The molecule has 2 N–H and O–H groups in total. The van der Waals surface area contributed by atoms with E-state index >= 15 is 0 Å². The van der Waals surface area contributed by atoms with Crippen molar-refractivity contribution in [2.45, 2.75) is 69.9 Å². The van der Waals surface area contributed by atoms with Gasteiger partial charge in [-0.1, -0.05) is 32.6 Å². The summed E-state index contributed by atoms with van der Waals surface area (Å²) in [4.78, 5) is 14.4. The summed E-state index contributed by atoms with van der Waals surface area (Å²) in [5, 5.41) is 0. The molecule has 2 aliphatic carbocycles. The topological polar surface area (TPSA) is 46.3 Å². The SMILES string of the molecule is CC1CCCC(N(C)C(=O)C2(N)CCCC2)C1. The Hall–Kier alpha value is -0.570. The number of amides is 1. The Morgan fingerprint density at radius 2 is 1.88 bits per heavy atom. The van der Waals surface area contributed by atoms with Crippen molar-refractivity contribution in [2.24, 2.45) is 11.7 Å². The molecular weight excluding hydrogens is 212 g/mol. The fraction of sp³-hybridized carbons (Fsp3) is 0.929.